The first-order chi connectivity index (χ1) is 9.51. The van der Waals surface area contributed by atoms with Gasteiger partial charge >= 0.3 is 0 Å². The fourth-order valence-corrected chi connectivity index (χ4v) is 4.46. The number of nitrogens with two attached hydrogens (primary N) is 1. The van der Waals surface area contributed by atoms with Crippen molar-refractivity contribution < 1.29 is 0 Å². The number of hydrogen-bond acceptors (Lipinski definition) is 2. The zero-order valence-electron chi connectivity index (χ0n) is 14.1. The molecule has 2 aliphatic rings. The van der Waals surface area contributed by atoms with Crippen LogP contribution in [0.1, 0.15) is 78.6 Å². The minimum absolute atomic E-state index is 0.338. The van der Waals surface area contributed by atoms with Crippen molar-refractivity contribution >= 4 is 0 Å². The monoisotopic (exact) mass is 280 g/mol. The molecule has 2 fully saturated rings. The Kier molecular flexibility index (Phi) is 5.53. The summed E-state index contributed by atoms with van der Waals surface area (Å²) in [7, 11) is 0. The summed E-state index contributed by atoms with van der Waals surface area (Å²) in [6.45, 7) is 10.6. The third-order valence-corrected chi connectivity index (χ3v) is 6.12. The van der Waals surface area contributed by atoms with Crippen molar-refractivity contribution in [2.75, 3.05) is 19.6 Å². The molecule has 1 saturated heterocycles. The van der Waals surface area contributed by atoms with Crippen LogP contribution in [0.25, 0.3) is 0 Å². The van der Waals surface area contributed by atoms with Crippen LogP contribution < -0.4 is 5.73 Å². The van der Waals surface area contributed by atoms with E-state index >= 15 is 0 Å². The predicted molar refractivity (Wildman–Crippen MR) is 87.9 cm³/mol. The van der Waals surface area contributed by atoms with Crippen LogP contribution >= 0.6 is 0 Å². The molecule has 0 aromatic carbocycles. The van der Waals surface area contributed by atoms with E-state index < -0.39 is 0 Å². The normalized spacial score (nSPS) is 35.7. The molecule has 1 aliphatic carbocycles. The lowest BCUT2D eigenvalue weighted by Crippen LogP contribution is -2.56. The van der Waals surface area contributed by atoms with Gasteiger partial charge in [-0.1, -0.05) is 33.6 Å². The number of rotatable bonds is 4. The Bertz CT molecular complexity index is 290. The zero-order valence-corrected chi connectivity index (χ0v) is 14.1. The molecular formula is C18H36N2. The van der Waals surface area contributed by atoms with Crippen LogP contribution in [0, 0.1) is 11.3 Å². The van der Waals surface area contributed by atoms with Gasteiger partial charge in [-0.2, -0.15) is 0 Å². The molecule has 1 heterocycles. The largest absolute Gasteiger partial charge is 0.329 e. The molecule has 2 rings (SSSR count). The summed E-state index contributed by atoms with van der Waals surface area (Å²) in [6, 6.07) is 0. The van der Waals surface area contributed by atoms with E-state index in [1.165, 1.54) is 70.9 Å². The highest BCUT2D eigenvalue weighted by molar-refractivity contribution is 4.97. The Hall–Kier alpha value is -0.0800. The van der Waals surface area contributed by atoms with E-state index in [1.807, 2.05) is 0 Å². The molecule has 0 unspecified atom stereocenters. The quantitative estimate of drug-likeness (QED) is 0.837. The maximum absolute atomic E-state index is 6.27. The molecule has 1 aliphatic heterocycles. The summed E-state index contributed by atoms with van der Waals surface area (Å²) in [5.74, 6) is 0.975. The molecule has 20 heavy (non-hydrogen) atoms. The first-order valence-electron chi connectivity index (χ1n) is 8.96. The fraction of sp³-hybridized carbons (Fsp3) is 1.00. The van der Waals surface area contributed by atoms with Gasteiger partial charge in [-0.05, 0) is 69.4 Å². The molecule has 0 amide bonds. The van der Waals surface area contributed by atoms with Crippen LogP contribution in [-0.4, -0.2) is 30.1 Å². The van der Waals surface area contributed by atoms with Gasteiger partial charge in [0.25, 0.3) is 0 Å². The summed E-state index contributed by atoms with van der Waals surface area (Å²) in [4.78, 5) is 2.78. The number of hydrogen-bond donors (Lipinski definition) is 1. The molecule has 1 saturated carbocycles. The lowest BCUT2D eigenvalue weighted by Gasteiger charge is -2.47. The van der Waals surface area contributed by atoms with E-state index in [2.05, 4.69) is 25.7 Å². The van der Waals surface area contributed by atoms with Gasteiger partial charge in [0, 0.05) is 12.1 Å². The molecule has 2 N–H and O–H groups in total. The maximum atomic E-state index is 6.27. The van der Waals surface area contributed by atoms with Crippen molar-refractivity contribution in [3.05, 3.63) is 0 Å². The second-order valence-electron chi connectivity index (χ2n) is 8.17. The molecule has 0 aromatic rings. The highest BCUT2D eigenvalue weighted by Gasteiger charge is 2.40. The summed E-state index contributed by atoms with van der Waals surface area (Å²) in [6.07, 6.45) is 12.3. The molecule has 0 radical (unpaired) electrons. The third kappa shape index (κ3) is 3.76. The van der Waals surface area contributed by atoms with E-state index in [0.717, 1.165) is 12.5 Å². The maximum Gasteiger partial charge on any atom is 0.0331 e. The summed E-state index contributed by atoms with van der Waals surface area (Å²) < 4.78 is 0. The average Bonchev–Trinajstić information content (AvgIpc) is 2.62. The lowest BCUT2D eigenvalue weighted by atomic mass is 9.74. The second-order valence-corrected chi connectivity index (χ2v) is 8.17. The topological polar surface area (TPSA) is 29.3 Å². The van der Waals surface area contributed by atoms with E-state index in [9.17, 15) is 0 Å². The molecule has 0 bridgehead atoms. The van der Waals surface area contributed by atoms with Crippen molar-refractivity contribution in [3.63, 3.8) is 0 Å². The smallest absolute Gasteiger partial charge is 0.0331 e. The van der Waals surface area contributed by atoms with Gasteiger partial charge in [0.15, 0.2) is 0 Å². The molecule has 0 aromatic heterocycles. The molecule has 0 atom stereocenters. The first-order valence-corrected chi connectivity index (χ1v) is 8.96. The Labute approximate surface area is 126 Å². The third-order valence-electron chi connectivity index (χ3n) is 6.12. The SMILES string of the molecule is CCCC1CCC(CN)(N2CCCC(C)(C)CC2)CC1. The van der Waals surface area contributed by atoms with Gasteiger partial charge in [0.05, 0.1) is 0 Å². The summed E-state index contributed by atoms with van der Waals surface area (Å²) >= 11 is 0. The van der Waals surface area contributed by atoms with Crippen LogP contribution in [0.3, 0.4) is 0 Å². The van der Waals surface area contributed by atoms with Crippen molar-refractivity contribution in [2.24, 2.45) is 17.1 Å². The minimum atomic E-state index is 0.338. The van der Waals surface area contributed by atoms with Gasteiger partial charge in [0.2, 0.25) is 0 Å². The second kappa shape index (κ2) is 6.79. The Morgan fingerprint density at radius 1 is 1.05 bits per heavy atom. The Morgan fingerprint density at radius 3 is 2.35 bits per heavy atom. The fourth-order valence-electron chi connectivity index (χ4n) is 4.46. The molecule has 2 heteroatoms. The summed E-state index contributed by atoms with van der Waals surface area (Å²) in [5.41, 5.74) is 7.14. The first kappa shape index (κ1) is 16.3. The minimum Gasteiger partial charge on any atom is -0.329 e. The van der Waals surface area contributed by atoms with Gasteiger partial charge < -0.3 is 5.73 Å². The van der Waals surface area contributed by atoms with E-state index in [0.29, 0.717) is 11.0 Å². The number of likely N-dealkylation sites (tertiary alicyclic amines) is 1. The van der Waals surface area contributed by atoms with Gasteiger partial charge in [-0.15, -0.1) is 0 Å². The predicted octanol–water partition coefficient (Wildman–Crippen LogP) is 4.19. The van der Waals surface area contributed by atoms with Crippen LogP contribution in [0.15, 0.2) is 0 Å². The highest BCUT2D eigenvalue weighted by atomic mass is 15.2. The van der Waals surface area contributed by atoms with Crippen LogP contribution in [0.5, 0.6) is 0 Å². The molecule has 0 spiro atoms. The van der Waals surface area contributed by atoms with Crippen LogP contribution in [-0.2, 0) is 0 Å². The standard InChI is InChI=1S/C18H36N2/c1-4-6-16-7-10-18(15-19,11-8-16)20-13-5-9-17(2,3)12-14-20/h16H,4-15,19H2,1-3H3. The van der Waals surface area contributed by atoms with Crippen molar-refractivity contribution in [1.82, 2.24) is 4.90 Å². The van der Waals surface area contributed by atoms with Gasteiger partial charge in [-0.25, -0.2) is 0 Å². The van der Waals surface area contributed by atoms with Crippen LogP contribution in [0.2, 0.25) is 0 Å². The van der Waals surface area contributed by atoms with Crippen molar-refractivity contribution in [3.8, 4) is 0 Å². The molecule has 118 valence electrons. The Balaban J connectivity index is 1.97. The zero-order chi connectivity index (χ0) is 14.6. The highest BCUT2D eigenvalue weighted by Crippen LogP contribution is 2.40. The number of nitrogens with zero attached hydrogens (tertiary/aromatic N) is 1. The average molecular weight is 280 g/mol. The lowest BCUT2D eigenvalue weighted by molar-refractivity contribution is 0.0414. The molecular weight excluding hydrogens is 244 g/mol. The van der Waals surface area contributed by atoms with Crippen molar-refractivity contribution in [2.45, 2.75) is 84.1 Å². The molecule has 2 nitrogen and oxygen atoms in total. The van der Waals surface area contributed by atoms with E-state index in [1.54, 1.807) is 0 Å². The van der Waals surface area contributed by atoms with E-state index in [4.69, 9.17) is 5.73 Å². The van der Waals surface area contributed by atoms with Crippen molar-refractivity contribution in [1.29, 1.82) is 0 Å². The van der Waals surface area contributed by atoms with Crippen LogP contribution in [0.4, 0.5) is 0 Å². The Morgan fingerprint density at radius 2 is 1.75 bits per heavy atom. The van der Waals surface area contributed by atoms with Gasteiger partial charge in [-0.3, -0.25) is 4.90 Å². The summed E-state index contributed by atoms with van der Waals surface area (Å²) in [5, 5.41) is 0. The van der Waals surface area contributed by atoms with E-state index in [-0.39, 0.29) is 0 Å². The van der Waals surface area contributed by atoms with Gasteiger partial charge in [0.1, 0.15) is 0 Å².